The van der Waals surface area contributed by atoms with Gasteiger partial charge < -0.3 is 10.6 Å². The largest absolute Gasteiger partial charge is 0.326 e. The molecule has 20 heavy (non-hydrogen) atoms. The first-order valence-corrected chi connectivity index (χ1v) is 9.59. The number of hydrogen-bond donors (Lipinski definition) is 2. The van der Waals surface area contributed by atoms with Crippen molar-refractivity contribution in [1.29, 1.82) is 0 Å². The van der Waals surface area contributed by atoms with Crippen molar-refractivity contribution in [3.05, 3.63) is 14.7 Å². The van der Waals surface area contributed by atoms with Crippen molar-refractivity contribution < 1.29 is 8.42 Å². The van der Waals surface area contributed by atoms with E-state index in [1.807, 2.05) is 7.05 Å². The van der Waals surface area contributed by atoms with Crippen LogP contribution in [0.25, 0.3) is 0 Å². The van der Waals surface area contributed by atoms with Crippen LogP contribution in [-0.4, -0.2) is 39.5 Å². The average molecular weight is 384 g/mol. The summed E-state index contributed by atoms with van der Waals surface area (Å²) < 4.78 is 27.6. The molecule has 0 bridgehead atoms. The predicted molar refractivity (Wildman–Crippen MR) is 87.5 cm³/mol. The Morgan fingerprint density at radius 1 is 1.55 bits per heavy atom. The maximum atomic E-state index is 12.2. The molecule has 0 aliphatic rings. The topological polar surface area (TPSA) is 75.4 Å². The van der Waals surface area contributed by atoms with Crippen LogP contribution in [0.3, 0.4) is 0 Å². The molecule has 0 aliphatic carbocycles. The minimum Gasteiger partial charge on any atom is -0.326 e. The van der Waals surface area contributed by atoms with Gasteiger partial charge in [0.1, 0.15) is 4.90 Å². The first-order chi connectivity index (χ1) is 9.31. The molecular weight excluding hydrogens is 362 g/mol. The van der Waals surface area contributed by atoms with E-state index in [2.05, 4.69) is 39.4 Å². The Kier molecular flexibility index (Phi) is 7.10. The van der Waals surface area contributed by atoms with Crippen molar-refractivity contribution in [2.75, 3.05) is 20.1 Å². The second-order valence-corrected chi connectivity index (χ2v) is 8.88. The second kappa shape index (κ2) is 7.86. The van der Waals surface area contributed by atoms with Crippen LogP contribution < -0.4 is 10.5 Å². The number of thiophene rings is 1. The zero-order valence-electron chi connectivity index (χ0n) is 12.0. The summed E-state index contributed by atoms with van der Waals surface area (Å²) in [6.07, 6.45) is 1.04. The molecular formula is C12H22BrN3O2S2. The molecule has 0 radical (unpaired) electrons. The first-order valence-electron chi connectivity index (χ1n) is 6.50. The highest BCUT2D eigenvalue weighted by atomic mass is 79.9. The van der Waals surface area contributed by atoms with Crippen LogP contribution in [0.1, 0.15) is 25.1 Å². The molecule has 0 saturated carbocycles. The third-order valence-corrected chi connectivity index (χ3v) is 7.03. The zero-order chi connectivity index (χ0) is 15.3. The number of rotatable bonds is 8. The van der Waals surface area contributed by atoms with Crippen LogP contribution in [0, 0.1) is 0 Å². The first kappa shape index (κ1) is 18.1. The van der Waals surface area contributed by atoms with Crippen molar-refractivity contribution >= 4 is 37.3 Å². The van der Waals surface area contributed by atoms with Gasteiger partial charge in [-0.15, -0.1) is 11.3 Å². The quantitative estimate of drug-likeness (QED) is 0.719. The predicted octanol–water partition coefficient (Wildman–Crippen LogP) is 1.98. The third-order valence-electron chi connectivity index (χ3n) is 3.30. The Morgan fingerprint density at radius 3 is 2.70 bits per heavy atom. The number of halogens is 1. The monoisotopic (exact) mass is 383 g/mol. The molecule has 8 heteroatoms. The molecule has 1 rings (SSSR count). The third kappa shape index (κ3) is 4.78. The molecule has 0 saturated heterocycles. The summed E-state index contributed by atoms with van der Waals surface area (Å²) in [6.45, 7) is 5.65. The van der Waals surface area contributed by atoms with Gasteiger partial charge in [-0.1, -0.05) is 6.92 Å². The van der Waals surface area contributed by atoms with Crippen molar-refractivity contribution in [2.45, 2.75) is 37.8 Å². The van der Waals surface area contributed by atoms with Gasteiger partial charge in [0.05, 0.1) is 3.79 Å². The fourth-order valence-electron chi connectivity index (χ4n) is 1.65. The van der Waals surface area contributed by atoms with E-state index in [1.54, 1.807) is 6.07 Å². The summed E-state index contributed by atoms with van der Waals surface area (Å²) in [5.74, 6) is 0. The molecule has 116 valence electrons. The fraction of sp³-hybridized carbons (Fsp3) is 0.667. The Morgan fingerprint density at radius 2 is 2.20 bits per heavy atom. The van der Waals surface area contributed by atoms with Crippen LogP contribution in [0.4, 0.5) is 0 Å². The number of nitrogens with one attached hydrogen (secondary N) is 1. The van der Waals surface area contributed by atoms with Crippen molar-refractivity contribution in [1.82, 2.24) is 9.62 Å². The fourth-order valence-corrected chi connectivity index (χ4v) is 5.23. The lowest BCUT2D eigenvalue weighted by molar-refractivity contribution is 0.256. The Labute approximate surface area is 133 Å². The van der Waals surface area contributed by atoms with E-state index in [-0.39, 0.29) is 4.90 Å². The standard InChI is InChI=1S/C12H22BrN3O2S2/c1-4-9(2)16(3)6-5-15-20(17,18)11-7-10(8-14)19-12(11)13/h7,9,15H,4-6,8,14H2,1-3H3. The highest BCUT2D eigenvalue weighted by Gasteiger charge is 2.20. The molecule has 0 aromatic carbocycles. The van der Waals surface area contributed by atoms with Gasteiger partial charge in [-0.3, -0.25) is 0 Å². The minimum absolute atomic E-state index is 0.272. The van der Waals surface area contributed by atoms with E-state index in [0.717, 1.165) is 11.3 Å². The van der Waals surface area contributed by atoms with Crippen molar-refractivity contribution in [3.8, 4) is 0 Å². The normalized spacial score (nSPS) is 13.9. The zero-order valence-corrected chi connectivity index (χ0v) is 15.2. The Bertz CT molecular complexity index is 531. The van der Waals surface area contributed by atoms with Gasteiger partial charge >= 0.3 is 0 Å². The minimum atomic E-state index is -3.48. The van der Waals surface area contributed by atoms with Crippen LogP contribution in [0.5, 0.6) is 0 Å². The summed E-state index contributed by atoms with van der Waals surface area (Å²) in [5, 5.41) is 0. The smallest absolute Gasteiger partial charge is 0.242 e. The molecule has 0 spiro atoms. The maximum Gasteiger partial charge on any atom is 0.242 e. The SMILES string of the molecule is CCC(C)N(C)CCNS(=O)(=O)c1cc(CN)sc1Br. The van der Waals surface area contributed by atoms with Crippen LogP contribution in [0.15, 0.2) is 14.7 Å². The number of nitrogens with zero attached hydrogens (tertiary/aromatic N) is 1. The highest BCUT2D eigenvalue weighted by Crippen LogP contribution is 2.31. The molecule has 3 N–H and O–H groups in total. The van der Waals surface area contributed by atoms with Crippen LogP contribution in [-0.2, 0) is 16.6 Å². The average Bonchev–Trinajstić information content (AvgIpc) is 2.79. The van der Waals surface area contributed by atoms with E-state index in [9.17, 15) is 8.42 Å². The summed E-state index contributed by atoms with van der Waals surface area (Å²) in [4.78, 5) is 3.25. The number of likely N-dealkylation sites (N-methyl/N-ethyl adjacent to an activating group) is 1. The number of nitrogens with two attached hydrogens (primary N) is 1. The Balaban J connectivity index is 2.64. The molecule has 0 aliphatic heterocycles. The molecule has 5 nitrogen and oxygen atoms in total. The van der Waals surface area contributed by atoms with Crippen molar-refractivity contribution in [2.24, 2.45) is 5.73 Å². The van der Waals surface area contributed by atoms with E-state index in [1.165, 1.54) is 11.3 Å². The van der Waals surface area contributed by atoms with Gasteiger partial charge in [0.2, 0.25) is 10.0 Å². The Hall–Kier alpha value is 0.01000. The van der Waals surface area contributed by atoms with Gasteiger partial charge in [0.15, 0.2) is 0 Å². The van der Waals surface area contributed by atoms with E-state index >= 15 is 0 Å². The maximum absolute atomic E-state index is 12.2. The summed E-state index contributed by atoms with van der Waals surface area (Å²) >= 11 is 4.63. The second-order valence-electron chi connectivity index (χ2n) is 4.69. The molecule has 1 aromatic heterocycles. The summed E-state index contributed by atoms with van der Waals surface area (Å²) in [5.41, 5.74) is 5.53. The molecule has 0 amide bonds. The molecule has 0 fully saturated rings. The molecule has 1 heterocycles. The number of hydrogen-bond acceptors (Lipinski definition) is 5. The summed E-state index contributed by atoms with van der Waals surface area (Å²) in [6, 6.07) is 2.06. The van der Waals surface area contributed by atoms with Gasteiger partial charge in [-0.2, -0.15) is 0 Å². The lowest BCUT2D eigenvalue weighted by atomic mass is 10.2. The van der Waals surface area contributed by atoms with Gasteiger partial charge in [0.25, 0.3) is 0 Å². The molecule has 1 aromatic rings. The van der Waals surface area contributed by atoms with E-state index in [4.69, 9.17) is 5.73 Å². The molecule has 1 atom stereocenters. The van der Waals surface area contributed by atoms with Gasteiger partial charge in [-0.25, -0.2) is 13.1 Å². The lowest BCUT2D eigenvalue weighted by Gasteiger charge is -2.23. The van der Waals surface area contributed by atoms with E-state index in [0.29, 0.717) is 29.5 Å². The van der Waals surface area contributed by atoms with Crippen molar-refractivity contribution in [3.63, 3.8) is 0 Å². The summed E-state index contributed by atoms with van der Waals surface area (Å²) in [7, 11) is -1.48. The number of sulfonamides is 1. The van der Waals surface area contributed by atoms with E-state index < -0.39 is 10.0 Å². The van der Waals surface area contributed by atoms with Crippen LogP contribution in [0.2, 0.25) is 0 Å². The highest BCUT2D eigenvalue weighted by molar-refractivity contribution is 9.11. The molecule has 1 unspecified atom stereocenters. The lowest BCUT2D eigenvalue weighted by Crippen LogP contribution is -2.37. The van der Waals surface area contributed by atoms with Crippen LogP contribution >= 0.6 is 27.3 Å². The van der Waals surface area contributed by atoms with Gasteiger partial charge in [-0.05, 0) is 42.4 Å². The van der Waals surface area contributed by atoms with Gasteiger partial charge in [0, 0.05) is 30.6 Å².